The number of fused-ring (bicyclic) bond motifs is 2. The van der Waals surface area contributed by atoms with Gasteiger partial charge in [-0.2, -0.15) is 0 Å². The van der Waals surface area contributed by atoms with Crippen LogP contribution in [0.15, 0.2) is 121 Å². The van der Waals surface area contributed by atoms with Gasteiger partial charge in [0.15, 0.2) is 33.8 Å². The molecule has 4 aromatic rings. The highest BCUT2D eigenvalue weighted by Gasteiger charge is 2.75. The van der Waals surface area contributed by atoms with Gasteiger partial charge in [0.05, 0.1) is 33.0 Å². The SMILES string of the molecule is C[C@H](Cc1ccccc1)[C@@H](CCC[C@@]12O[C@H](COCc3ccccc3)[C@@](O)(COCc3ccccc3)[C@](O[Si](C)(C)C(C)(C)C)(C[C@@H]1OCc1ccccc1)O2)O[Si](C)(C)C(C)(C)C. The Morgan fingerprint density at radius 1 is 0.672 bits per heavy atom. The molecular weight excluding hydrogens is 833 g/mol. The van der Waals surface area contributed by atoms with Gasteiger partial charge in [0, 0.05) is 18.9 Å². The van der Waals surface area contributed by atoms with Gasteiger partial charge in [-0.3, -0.25) is 0 Å². The summed E-state index contributed by atoms with van der Waals surface area (Å²) in [5, 5.41) is 13.4. The van der Waals surface area contributed by atoms with Crippen LogP contribution in [-0.4, -0.2) is 70.4 Å². The number of aliphatic hydroxyl groups is 1. The zero-order valence-corrected chi connectivity index (χ0v) is 42.7. The maximum Gasteiger partial charge on any atom is 0.199 e. The first-order valence-corrected chi connectivity index (χ1v) is 29.4. The lowest BCUT2D eigenvalue weighted by Crippen LogP contribution is -2.73. The minimum atomic E-state index is -2.67. The van der Waals surface area contributed by atoms with Gasteiger partial charge < -0.3 is 37.6 Å². The van der Waals surface area contributed by atoms with Crippen LogP contribution in [0.5, 0.6) is 0 Å². The van der Waals surface area contributed by atoms with E-state index in [-0.39, 0.29) is 41.7 Å². The molecule has 64 heavy (non-hydrogen) atoms. The Hall–Kier alpha value is -3.01. The van der Waals surface area contributed by atoms with Crippen LogP contribution in [0, 0.1) is 5.92 Å². The minimum Gasteiger partial charge on any atom is -0.414 e. The molecule has 6 rings (SSSR count). The Balaban J connectivity index is 1.39. The van der Waals surface area contributed by atoms with E-state index in [0.717, 1.165) is 36.0 Å². The third kappa shape index (κ3) is 12.1. The average molecular weight is 911 g/mol. The molecule has 0 amide bonds. The number of benzene rings is 4. The molecule has 0 aliphatic carbocycles. The number of hydrogen-bond acceptors (Lipinski definition) is 8. The standard InChI is InChI=1S/C54H78O8Si2/c1-42(35-43-25-16-12-17-26-43)47(60-63(8,9)50(2,3)4)33-24-34-53-48(58-39-46-31-22-15-23-32-46)36-54(61-53,62-64(10,11)51(5,6)7)52(55,41-57-38-45-29-20-14-21-30-45)49(59-53)40-56-37-44-27-18-13-19-28-44/h12-23,25-32,42,47-49,55H,24,33-41H2,1-11H3/t42-,47-,48+,49-,52+,53+,54-/m1/s1. The molecule has 10 heteroatoms. The van der Waals surface area contributed by atoms with Crippen LogP contribution in [0.3, 0.4) is 0 Å². The smallest absolute Gasteiger partial charge is 0.199 e. The summed E-state index contributed by atoms with van der Waals surface area (Å²) in [4.78, 5) is 0. The van der Waals surface area contributed by atoms with Crippen molar-refractivity contribution in [3.05, 3.63) is 144 Å². The molecule has 2 aliphatic heterocycles. The topological polar surface area (TPSA) is 84.8 Å². The van der Waals surface area contributed by atoms with Crippen LogP contribution >= 0.6 is 0 Å². The summed E-state index contributed by atoms with van der Waals surface area (Å²) < 4.78 is 49.7. The normalized spacial score (nSPS) is 25.0. The van der Waals surface area contributed by atoms with Crippen molar-refractivity contribution in [2.75, 3.05) is 13.2 Å². The second kappa shape index (κ2) is 20.9. The highest BCUT2D eigenvalue weighted by Crippen LogP contribution is 2.58. The molecule has 1 N–H and O–H groups in total. The molecule has 0 unspecified atom stereocenters. The summed E-state index contributed by atoms with van der Waals surface area (Å²) in [6, 6.07) is 41.1. The fourth-order valence-electron chi connectivity index (χ4n) is 8.49. The van der Waals surface area contributed by atoms with E-state index in [1.807, 2.05) is 78.9 Å². The molecule has 2 saturated heterocycles. The average Bonchev–Trinajstić information content (AvgIpc) is 3.52. The summed E-state index contributed by atoms with van der Waals surface area (Å²) in [6.45, 7) is 26.0. The van der Waals surface area contributed by atoms with Gasteiger partial charge in [-0.15, -0.1) is 0 Å². The van der Waals surface area contributed by atoms with Crippen molar-refractivity contribution in [3.8, 4) is 0 Å². The second-order valence-corrected chi connectivity index (χ2v) is 31.0. The van der Waals surface area contributed by atoms with Gasteiger partial charge in [0.2, 0.25) is 0 Å². The van der Waals surface area contributed by atoms with Crippen LogP contribution in [-0.2, 0) is 58.8 Å². The molecule has 0 spiro atoms. The van der Waals surface area contributed by atoms with Crippen molar-refractivity contribution < 1.29 is 37.6 Å². The molecule has 0 radical (unpaired) electrons. The van der Waals surface area contributed by atoms with Crippen molar-refractivity contribution in [1.82, 2.24) is 0 Å². The Labute approximate surface area is 387 Å². The quantitative estimate of drug-likeness (QED) is 0.0781. The van der Waals surface area contributed by atoms with E-state index >= 15 is 0 Å². The van der Waals surface area contributed by atoms with E-state index in [4.69, 9.17) is 32.5 Å². The zero-order chi connectivity index (χ0) is 46.3. The van der Waals surface area contributed by atoms with Crippen LogP contribution in [0.2, 0.25) is 36.3 Å². The summed E-state index contributed by atoms with van der Waals surface area (Å²) in [6.07, 6.45) is 1.75. The summed E-state index contributed by atoms with van der Waals surface area (Å²) in [5.74, 6) is -2.54. The van der Waals surface area contributed by atoms with Gasteiger partial charge in [-0.1, -0.05) is 170 Å². The monoisotopic (exact) mass is 911 g/mol. The van der Waals surface area contributed by atoms with Gasteiger partial charge in [0.1, 0.15) is 12.2 Å². The molecule has 350 valence electrons. The maximum absolute atomic E-state index is 13.6. The van der Waals surface area contributed by atoms with Crippen molar-refractivity contribution in [3.63, 3.8) is 0 Å². The lowest BCUT2D eigenvalue weighted by atomic mass is 9.85. The Kier molecular flexibility index (Phi) is 16.4. The first-order chi connectivity index (χ1) is 30.2. The number of rotatable bonds is 22. The second-order valence-electron chi connectivity index (χ2n) is 21.5. The van der Waals surface area contributed by atoms with Crippen molar-refractivity contribution >= 4 is 16.6 Å². The molecule has 2 bridgehead atoms. The van der Waals surface area contributed by atoms with Crippen LogP contribution in [0.1, 0.15) is 96.4 Å². The predicted octanol–water partition coefficient (Wildman–Crippen LogP) is 12.4. The fraction of sp³-hybridized carbons (Fsp3) is 0.556. The Bertz CT molecular complexity index is 2010. The van der Waals surface area contributed by atoms with Gasteiger partial charge >= 0.3 is 0 Å². The molecule has 0 saturated carbocycles. The molecule has 4 aromatic carbocycles. The molecule has 0 aromatic heterocycles. The van der Waals surface area contributed by atoms with E-state index in [1.165, 1.54) is 5.56 Å². The third-order valence-electron chi connectivity index (χ3n) is 14.5. The first-order valence-electron chi connectivity index (χ1n) is 23.6. The molecule has 2 aliphatic rings. The molecular formula is C54H78O8Si2. The Morgan fingerprint density at radius 2 is 1.16 bits per heavy atom. The third-order valence-corrected chi connectivity index (χ3v) is 23.4. The van der Waals surface area contributed by atoms with Crippen molar-refractivity contribution in [1.29, 1.82) is 0 Å². The highest BCUT2D eigenvalue weighted by molar-refractivity contribution is 6.74. The minimum absolute atomic E-state index is 0.00717. The first kappa shape index (κ1) is 50.4. The van der Waals surface area contributed by atoms with Crippen LogP contribution in [0.4, 0.5) is 0 Å². The number of hydrogen-bond donors (Lipinski definition) is 1. The maximum atomic E-state index is 13.6. The molecule has 7 atom stereocenters. The Morgan fingerprint density at radius 3 is 1.67 bits per heavy atom. The molecule has 2 fully saturated rings. The molecule has 2 heterocycles. The van der Waals surface area contributed by atoms with Crippen LogP contribution < -0.4 is 0 Å². The summed E-state index contributed by atoms with van der Waals surface area (Å²) in [7, 11) is -4.82. The van der Waals surface area contributed by atoms with E-state index < -0.39 is 46.0 Å². The van der Waals surface area contributed by atoms with E-state index in [2.05, 4.69) is 117 Å². The van der Waals surface area contributed by atoms with E-state index in [9.17, 15) is 5.11 Å². The van der Waals surface area contributed by atoms with E-state index in [1.54, 1.807) is 0 Å². The van der Waals surface area contributed by atoms with Gasteiger partial charge in [-0.25, -0.2) is 0 Å². The lowest BCUT2D eigenvalue weighted by molar-refractivity contribution is -0.442. The fourth-order valence-corrected chi connectivity index (χ4v) is 11.4. The van der Waals surface area contributed by atoms with Gasteiger partial charge in [-0.05, 0) is 83.7 Å². The van der Waals surface area contributed by atoms with Crippen LogP contribution in [0.25, 0.3) is 0 Å². The number of ether oxygens (including phenoxy) is 5. The summed E-state index contributed by atoms with van der Waals surface area (Å²) >= 11 is 0. The van der Waals surface area contributed by atoms with Crippen molar-refractivity contribution in [2.24, 2.45) is 5.92 Å². The summed E-state index contributed by atoms with van der Waals surface area (Å²) in [5.41, 5.74) is 2.60. The lowest BCUT2D eigenvalue weighted by Gasteiger charge is -2.56. The highest BCUT2D eigenvalue weighted by atomic mass is 28.4. The predicted molar refractivity (Wildman–Crippen MR) is 262 cm³/mol. The van der Waals surface area contributed by atoms with Gasteiger partial charge in [0.25, 0.3) is 0 Å². The largest absolute Gasteiger partial charge is 0.414 e. The van der Waals surface area contributed by atoms with E-state index in [0.29, 0.717) is 26.2 Å². The van der Waals surface area contributed by atoms with Crippen molar-refractivity contribution in [2.45, 2.75) is 172 Å². The molecule has 8 nitrogen and oxygen atoms in total. The zero-order valence-electron chi connectivity index (χ0n) is 40.7.